The standard InChI is InChI=1S/C23H26N2O/c1-4-21-15-25(13-18-8-6-5-7-9-18)14-20-12-19-11-10-16(2)17(3)22(19)24-23(20)26-21/h5-12,21H,4,13-15H2,1-3H3. The number of rotatable bonds is 3. The first kappa shape index (κ1) is 17.0. The highest BCUT2D eigenvalue weighted by Crippen LogP contribution is 2.30. The van der Waals surface area contributed by atoms with E-state index in [9.17, 15) is 0 Å². The summed E-state index contributed by atoms with van der Waals surface area (Å²) in [6.45, 7) is 9.21. The fourth-order valence-electron chi connectivity index (χ4n) is 3.69. The monoisotopic (exact) mass is 346 g/mol. The highest BCUT2D eigenvalue weighted by molar-refractivity contribution is 5.84. The molecule has 0 saturated carbocycles. The number of aryl methyl sites for hydroxylation is 2. The maximum Gasteiger partial charge on any atom is 0.218 e. The van der Waals surface area contributed by atoms with Crippen molar-refractivity contribution in [3.63, 3.8) is 0 Å². The van der Waals surface area contributed by atoms with Crippen LogP contribution in [-0.2, 0) is 13.1 Å². The van der Waals surface area contributed by atoms with E-state index in [4.69, 9.17) is 9.72 Å². The Hall–Kier alpha value is -2.39. The lowest BCUT2D eigenvalue weighted by Gasteiger charge is -2.23. The summed E-state index contributed by atoms with van der Waals surface area (Å²) >= 11 is 0. The molecule has 1 aliphatic rings. The topological polar surface area (TPSA) is 25.4 Å². The Morgan fingerprint density at radius 2 is 1.92 bits per heavy atom. The molecule has 0 amide bonds. The number of nitrogens with zero attached hydrogens (tertiary/aromatic N) is 2. The van der Waals surface area contributed by atoms with Gasteiger partial charge in [0.15, 0.2) is 0 Å². The van der Waals surface area contributed by atoms with E-state index < -0.39 is 0 Å². The molecule has 4 rings (SSSR count). The van der Waals surface area contributed by atoms with E-state index in [1.165, 1.54) is 27.6 Å². The molecule has 0 aliphatic carbocycles. The van der Waals surface area contributed by atoms with Crippen molar-refractivity contribution < 1.29 is 4.74 Å². The summed E-state index contributed by atoms with van der Waals surface area (Å²) < 4.78 is 6.32. The van der Waals surface area contributed by atoms with Crippen LogP contribution in [0, 0.1) is 13.8 Å². The van der Waals surface area contributed by atoms with Gasteiger partial charge in [-0.05, 0) is 43.0 Å². The van der Waals surface area contributed by atoms with Gasteiger partial charge < -0.3 is 4.74 Å². The smallest absolute Gasteiger partial charge is 0.218 e. The highest BCUT2D eigenvalue weighted by Gasteiger charge is 2.24. The maximum atomic E-state index is 6.32. The Morgan fingerprint density at radius 3 is 2.69 bits per heavy atom. The third kappa shape index (κ3) is 3.32. The summed E-state index contributed by atoms with van der Waals surface area (Å²) in [4.78, 5) is 7.40. The highest BCUT2D eigenvalue weighted by atomic mass is 16.5. The van der Waals surface area contributed by atoms with Gasteiger partial charge in [-0.15, -0.1) is 0 Å². The first-order valence-electron chi connectivity index (χ1n) is 9.47. The van der Waals surface area contributed by atoms with Crippen LogP contribution in [0.3, 0.4) is 0 Å². The molecular weight excluding hydrogens is 320 g/mol. The van der Waals surface area contributed by atoms with Crippen LogP contribution in [0.2, 0.25) is 0 Å². The molecular formula is C23H26N2O. The molecule has 0 N–H and O–H groups in total. The van der Waals surface area contributed by atoms with Gasteiger partial charge in [0.1, 0.15) is 6.10 Å². The third-order valence-corrected chi connectivity index (χ3v) is 5.39. The lowest BCUT2D eigenvalue weighted by atomic mass is 10.0. The van der Waals surface area contributed by atoms with Crippen molar-refractivity contribution in [2.45, 2.75) is 46.4 Å². The molecule has 3 heteroatoms. The molecule has 0 spiro atoms. The molecule has 3 aromatic rings. The molecule has 134 valence electrons. The van der Waals surface area contributed by atoms with Gasteiger partial charge in [0, 0.05) is 30.6 Å². The molecule has 1 aliphatic heterocycles. The van der Waals surface area contributed by atoms with Gasteiger partial charge in [-0.25, -0.2) is 4.98 Å². The molecule has 26 heavy (non-hydrogen) atoms. The van der Waals surface area contributed by atoms with E-state index in [-0.39, 0.29) is 6.10 Å². The minimum atomic E-state index is 0.176. The zero-order valence-corrected chi connectivity index (χ0v) is 15.8. The lowest BCUT2D eigenvalue weighted by molar-refractivity contribution is 0.136. The molecule has 2 aromatic carbocycles. The second-order valence-corrected chi connectivity index (χ2v) is 7.34. The van der Waals surface area contributed by atoms with Gasteiger partial charge in [-0.1, -0.05) is 49.4 Å². The second kappa shape index (κ2) is 7.08. The molecule has 0 radical (unpaired) electrons. The summed E-state index contributed by atoms with van der Waals surface area (Å²) in [6, 6.07) is 17.3. The van der Waals surface area contributed by atoms with Crippen LogP contribution in [0.1, 0.15) is 35.6 Å². The summed E-state index contributed by atoms with van der Waals surface area (Å²) in [7, 11) is 0. The Balaban J connectivity index is 1.72. The Kier molecular flexibility index (Phi) is 4.64. The molecule has 1 aromatic heterocycles. The maximum absolute atomic E-state index is 6.32. The van der Waals surface area contributed by atoms with Crippen LogP contribution in [0.15, 0.2) is 48.5 Å². The van der Waals surface area contributed by atoms with Crippen LogP contribution in [0.5, 0.6) is 5.88 Å². The average Bonchev–Trinajstić information content (AvgIpc) is 2.82. The predicted molar refractivity (Wildman–Crippen MR) is 106 cm³/mol. The predicted octanol–water partition coefficient (Wildman–Crippen LogP) is 5.02. The number of hydrogen-bond acceptors (Lipinski definition) is 3. The minimum Gasteiger partial charge on any atom is -0.473 e. The largest absolute Gasteiger partial charge is 0.473 e. The van der Waals surface area contributed by atoms with Gasteiger partial charge in [0.2, 0.25) is 5.88 Å². The number of pyridine rings is 1. The van der Waals surface area contributed by atoms with Crippen molar-refractivity contribution >= 4 is 10.9 Å². The van der Waals surface area contributed by atoms with Crippen molar-refractivity contribution in [2.24, 2.45) is 0 Å². The number of hydrogen-bond donors (Lipinski definition) is 0. The van der Waals surface area contributed by atoms with Gasteiger partial charge in [0.25, 0.3) is 0 Å². The Bertz CT molecular complexity index is 920. The number of aromatic nitrogens is 1. The van der Waals surface area contributed by atoms with Crippen LogP contribution in [0.4, 0.5) is 0 Å². The van der Waals surface area contributed by atoms with Crippen LogP contribution >= 0.6 is 0 Å². The average molecular weight is 346 g/mol. The van der Waals surface area contributed by atoms with Crippen molar-refractivity contribution in [3.05, 3.63) is 70.8 Å². The Morgan fingerprint density at radius 1 is 1.12 bits per heavy atom. The zero-order valence-electron chi connectivity index (χ0n) is 15.8. The second-order valence-electron chi connectivity index (χ2n) is 7.34. The van der Waals surface area contributed by atoms with Crippen molar-refractivity contribution in [1.29, 1.82) is 0 Å². The van der Waals surface area contributed by atoms with Gasteiger partial charge in [0.05, 0.1) is 5.52 Å². The van der Waals surface area contributed by atoms with E-state index in [1.807, 2.05) is 0 Å². The normalized spacial score (nSPS) is 17.6. The van der Waals surface area contributed by atoms with Gasteiger partial charge in [-0.2, -0.15) is 0 Å². The van der Waals surface area contributed by atoms with E-state index >= 15 is 0 Å². The SMILES string of the molecule is CCC1CN(Cc2ccccc2)Cc2cc3ccc(C)c(C)c3nc2O1. The first-order chi connectivity index (χ1) is 12.6. The number of ether oxygens (including phenoxy) is 1. The number of benzene rings is 2. The van der Waals surface area contributed by atoms with E-state index in [0.29, 0.717) is 0 Å². The van der Waals surface area contributed by atoms with Gasteiger partial charge in [-0.3, -0.25) is 4.90 Å². The van der Waals surface area contributed by atoms with Crippen molar-refractivity contribution in [1.82, 2.24) is 9.88 Å². The molecule has 0 fully saturated rings. The summed E-state index contributed by atoms with van der Waals surface area (Å²) in [5, 5.41) is 1.20. The fourth-order valence-corrected chi connectivity index (χ4v) is 3.69. The fraction of sp³-hybridized carbons (Fsp3) is 0.348. The molecule has 0 saturated heterocycles. The van der Waals surface area contributed by atoms with Crippen LogP contribution in [0.25, 0.3) is 10.9 Å². The van der Waals surface area contributed by atoms with E-state index in [2.05, 4.69) is 74.2 Å². The summed E-state index contributed by atoms with van der Waals surface area (Å²) in [5.74, 6) is 0.814. The quantitative estimate of drug-likeness (QED) is 0.665. The summed E-state index contributed by atoms with van der Waals surface area (Å²) in [5.41, 5.74) is 6.11. The van der Waals surface area contributed by atoms with E-state index in [1.54, 1.807) is 0 Å². The molecule has 1 atom stereocenters. The third-order valence-electron chi connectivity index (χ3n) is 5.39. The first-order valence-corrected chi connectivity index (χ1v) is 9.47. The van der Waals surface area contributed by atoms with Crippen molar-refractivity contribution in [2.75, 3.05) is 6.54 Å². The zero-order chi connectivity index (χ0) is 18.1. The van der Waals surface area contributed by atoms with Crippen molar-refractivity contribution in [3.8, 4) is 5.88 Å². The minimum absolute atomic E-state index is 0.176. The summed E-state index contributed by atoms with van der Waals surface area (Å²) in [6.07, 6.45) is 1.16. The molecule has 1 unspecified atom stereocenters. The van der Waals surface area contributed by atoms with Crippen LogP contribution in [-0.4, -0.2) is 22.5 Å². The van der Waals surface area contributed by atoms with Gasteiger partial charge >= 0.3 is 0 Å². The van der Waals surface area contributed by atoms with E-state index in [0.717, 1.165) is 37.5 Å². The molecule has 3 nitrogen and oxygen atoms in total. The van der Waals surface area contributed by atoms with Crippen LogP contribution < -0.4 is 4.74 Å². The molecule has 0 bridgehead atoms. The lowest BCUT2D eigenvalue weighted by Crippen LogP contribution is -2.32. The Labute approximate surface area is 155 Å². The number of fused-ring (bicyclic) bond motifs is 2. The molecule has 2 heterocycles.